The van der Waals surface area contributed by atoms with Crippen molar-refractivity contribution in [3.05, 3.63) is 77.9 Å². The second kappa shape index (κ2) is 9.47. The van der Waals surface area contributed by atoms with Crippen LogP contribution in [-0.4, -0.2) is 17.9 Å². The van der Waals surface area contributed by atoms with Crippen LogP contribution in [0.3, 0.4) is 0 Å². The van der Waals surface area contributed by atoms with Crippen LogP contribution in [-0.2, 0) is 6.61 Å². The smallest absolute Gasteiger partial charge is 0.187 e. The molecule has 0 fully saturated rings. The SMILES string of the molecule is C=CCNC(=S)N/N=C\c1cccc(OCc2cccc(C)c2)c1. The highest BCUT2D eigenvalue weighted by Crippen LogP contribution is 2.14. The van der Waals surface area contributed by atoms with Crippen LogP contribution in [0.2, 0.25) is 0 Å². The molecule has 0 aromatic heterocycles. The van der Waals surface area contributed by atoms with E-state index in [0.717, 1.165) is 16.9 Å². The molecule has 0 aliphatic heterocycles. The van der Waals surface area contributed by atoms with Crippen molar-refractivity contribution >= 4 is 23.5 Å². The number of ether oxygens (including phenoxy) is 1. The number of nitrogens with one attached hydrogen (secondary N) is 2. The van der Waals surface area contributed by atoms with Gasteiger partial charge in [0.25, 0.3) is 0 Å². The molecule has 2 aromatic carbocycles. The van der Waals surface area contributed by atoms with Gasteiger partial charge in [-0.25, -0.2) is 0 Å². The fourth-order valence-corrected chi connectivity index (χ4v) is 2.16. The van der Waals surface area contributed by atoms with E-state index in [1.54, 1.807) is 12.3 Å². The molecular formula is C19H21N3OS. The molecule has 0 atom stereocenters. The molecule has 0 saturated carbocycles. The van der Waals surface area contributed by atoms with Gasteiger partial charge in [-0.15, -0.1) is 6.58 Å². The van der Waals surface area contributed by atoms with Gasteiger partial charge in [-0.3, -0.25) is 5.43 Å². The average molecular weight is 339 g/mol. The maximum absolute atomic E-state index is 5.84. The van der Waals surface area contributed by atoms with Gasteiger partial charge in [-0.05, 0) is 42.4 Å². The van der Waals surface area contributed by atoms with E-state index in [4.69, 9.17) is 17.0 Å². The second-order valence-corrected chi connectivity index (χ2v) is 5.63. The molecule has 0 radical (unpaired) electrons. The molecule has 0 spiro atoms. The van der Waals surface area contributed by atoms with Crippen molar-refractivity contribution in [1.82, 2.24) is 10.7 Å². The van der Waals surface area contributed by atoms with Crippen molar-refractivity contribution in [3.63, 3.8) is 0 Å². The summed E-state index contributed by atoms with van der Waals surface area (Å²) < 4.78 is 5.84. The van der Waals surface area contributed by atoms with Crippen LogP contribution in [0.4, 0.5) is 0 Å². The van der Waals surface area contributed by atoms with Crippen molar-refractivity contribution in [2.45, 2.75) is 13.5 Å². The van der Waals surface area contributed by atoms with Crippen LogP contribution in [0.15, 0.2) is 66.3 Å². The number of aryl methyl sites for hydroxylation is 1. The second-order valence-electron chi connectivity index (χ2n) is 5.22. The maximum Gasteiger partial charge on any atom is 0.187 e. The van der Waals surface area contributed by atoms with Crippen LogP contribution < -0.4 is 15.5 Å². The molecule has 4 nitrogen and oxygen atoms in total. The maximum atomic E-state index is 5.84. The molecule has 2 rings (SSSR count). The van der Waals surface area contributed by atoms with Crippen LogP contribution in [0.1, 0.15) is 16.7 Å². The third-order valence-electron chi connectivity index (χ3n) is 3.13. The number of hydrogen-bond acceptors (Lipinski definition) is 3. The predicted octanol–water partition coefficient (Wildman–Crippen LogP) is 3.56. The molecule has 0 unspecified atom stereocenters. The topological polar surface area (TPSA) is 45.7 Å². The lowest BCUT2D eigenvalue weighted by Gasteiger charge is -2.07. The first kappa shape index (κ1) is 17.7. The quantitative estimate of drug-likeness (QED) is 0.350. The first-order valence-corrected chi connectivity index (χ1v) is 8.04. The van der Waals surface area contributed by atoms with Gasteiger partial charge in [0.15, 0.2) is 5.11 Å². The molecule has 0 aliphatic rings. The molecule has 5 heteroatoms. The zero-order valence-corrected chi connectivity index (χ0v) is 14.5. The van der Waals surface area contributed by atoms with Crippen LogP contribution in [0.25, 0.3) is 0 Å². The molecule has 0 saturated heterocycles. The van der Waals surface area contributed by atoms with E-state index < -0.39 is 0 Å². The van der Waals surface area contributed by atoms with Gasteiger partial charge < -0.3 is 10.1 Å². The zero-order valence-electron chi connectivity index (χ0n) is 13.7. The summed E-state index contributed by atoms with van der Waals surface area (Å²) in [7, 11) is 0. The van der Waals surface area contributed by atoms with E-state index in [-0.39, 0.29) is 0 Å². The van der Waals surface area contributed by atoms with E-state index in [0.29, 0.717) is 18.3 Å². The lowest BCUT2D eigenvalue weighted by molar-refractivity contribution is 0.306. The number of hydrazone groups is 1. The van der Waals surface area contributed by atoms with Crippen LogP contribution in [0.5, 0.6) is 5.75 Å². The van der Waals surface area contributed by atoms with Gasteiger partial charge in [-0.1, -0.05) is 48.0 Å². The average Bonchev–Trinajstić information content (AvgIpc) is 2.59. The number of rotatable bonds is 7. The lowest BCUT2D eigenvalue weighted by atomic mass is 10.1. The van der Waals surface area contributed by atoms with Crippen LogP contribution >= 0.6 is 12.2 Å². The highest BCUT2D eigenvalue weighted by atomic mass is 32.1. The van der Waals surface area contributed by atoms with E-state index in [9.17, 15) is 0 Å². The number of hydrogen-bond donors (Lipinski definition) is 2. The monoisotopic (exact) mass is 339 g/mol. The first-order valence-electron chi connectivity index (χ1n) is 7.63. The summed E-state index contributed by atoms with van der Waals surface area (Å²) >= 11 is 5.06. The Morgan fingerprint density at radius 2 is 2.08 bits per heavy atom. The van der Waals surface area contributed by atoms with Gasteiger partial charge in [-0.2, -0.15) is 5.10 Å². The minimum Gasteiger partial charge on any atom is -0.489 e. The third kappa shape index (κ3) is 6.22. The molecule has 0 bridgehead atoms. The molecule has 0 amide bonds. The normalized spacial score (nSPS) is 10.4. The van der Waals surface area contributed by atoms with Gasteiger partial charge in [0.05, 0.1) is 6.21 Å². The molecule has 0 heterocycles. The summed E-state index contributed by atoms with van der Waals surface area (Å²) in [4.78, 5) is 0. The molecular weight excluding hydrogens is 318 g/mol. The number of thiocarbonyl (C=S) groups is 1. The number of nitrogens with zero attached hydrogens (tertiary/aromatic N) is 1. The fraction of sp³-hybridized carbons (Fsp3) is 0.158. The summed E-state index contributed by atoms with van der Waals surface area (Å²) in [6.07, 6.45) is 3.42. The minimum absolute atomic E-state index is 0.456. The van der Waals surface area contributed by atoms with Gasteiger partial charge in [0.2, 0.25) is 0 Å². The standard InChI is InChI=1S/C19H21N3OS/c1-3-10-20-19(24)22-21-13-16-7-5-9-18(12-16)23-14-17-8-4-6-15(2)11-17/h3-9,11-13H,1,10,14H2,2H3,(H2,20,22,24)/b21-13-. The Bertz CT molecular complexity index is 728. The summed E-state index contributed by atoms with van der Waals surface area (Å²) in [6.45, 7) is 6.82. The van der Waals surface area contributed by atoms with Crippen molar-refractivity contribution in [1.29, 1.82) is 0 Å². The largest absolute Gasteiger partial charge is 0.489 e. The Hall–Kier alpha value is -2.66. The Labute approximate surface area is 148 Å². The molecule has 2 aromatic rings. The van der Waals surface area contributed by atoms with Gasteiger partial charge in [0.1, 0.15) is 12.4 Å². The highest BCUT2D eigenvalue weighted by molar-refractivity contribution is 7.80. The summed E-state index contributed by atoms with van der Waals surface area (Å²) in [5.74, 6) is 0.799. The summed E-state index contributed by atoms with van der Waals surface area (Å²) in [5, 5.41) is 7.49. The van der Waals surface area contributed by atoms with Crippen LogP contribution in [0, 0.1) is 6.92 Å². The predicted molar refractivity (Wildman–Crippen MR) is 103 cm³/mol. The van der Waals surface area contributed by atoms with E-state index in [2.05, 4.69) is 47.5 Å². The molecule has 124 valence electrons. The van der Waals surface area contributed by atoms with Crippen molar-refractivity contribution in [2.75, 3.05) is 6.54 Å². The van der Waals surface area contributed by atoms with Crippen molar-refractivity contribution in [3.8, 4) is 5.75 Å². The zero-order chi connectivity index (χ0) is 17.2. The van der Waals surface area contributed by atoms with Gasteiger partial charge >= 0.3 is 0 Å². The Kier molecular flexibility index (Phi) is 6.98. The number of benzene rings is 2. The summed E-state index contributed by atoms with van der Waals surface area (Å²) in [6, 6.07) is 16.0. The fourth-order valence-electron chi connectivity index (χ4n) is 2.02. The van der Waals surface area contributed by atoms with E-state index >= 15 is 0 Å². The Morgan fingerprint density at radius 1 is 1.25 bits per heavy atom. The lowest BCUT2D eigenvalue weighted by Crippen LogP contribution is -2.31. The van der Waals surface area contributed by atoms with E-state index in [1.807, 2.05) is 30.3 Å². The Balaban J connectivity index is 1.89. The third-order valence-corrected chi connectivity index (χ3v) is 3.37. The van der Waals surface area contributed by atoms with Crippen molar-refractivity contribution < 1.29 is 4.74 Å². The molecule has 2 N–H and O–H groups in total. The Morgan fingerprint density at radius 3 is 2.88 bits per heavy atom. The van der Waals surface area contributed by atoms with Crippen molar-refractivity contribution in [2.24, 2.45) is 5.10 Å². The highest BCUT2D eigenvalue weighted by Gasteiger charge is 1.98. The first-order chi connectivity index (χ1) is 11.7. The molecule has 0 aliphatic carbocycles. The van der Waals surface area contributed by atoms with E-state index in [1.165, 1.54) is 5.56 Å². The minimum atomic E-state index is 0.456. The van der Waals surface area contributed by atoms with Gasteiger partial charge in [0, 0.05) is 6.54 Å². The summed E-state index contributed by atoms with van der Waals surface area (Å²) in [5.41, 5.74) is 6.05. The molecule has 24 heavy (non-hydrogen) atoms.